The molecule has 0 saturated carbocycles. The summed E-state index contributed by atoms with van der Waals surface area (Å²) in [6.07, 6.45) is 2.59. The molecule has 0 atom stereocenters. The van der Waals surface area contributed by atoms with Gasteiger partial charge >= 0.3 is 41.6 Å². The summed E-state index contributed by atoms with van der Waals surface area (Å²) >= 11 is 0. The van der Waals surface area contributed by atoms with Crippen LogP contribution in [0.4, 0.5) is 16.4 Å². The number of hydrogen-bond acceptors (Lipinski definition) is 5. The van der Waals surface area contributed by atoms with Crippen LogP contribution in [0.3, 0.4) is 0 Å². The Morgan fingerprint density at radius 3 is 2.03 bits per heavy atom. The molecule has 2 N–H and O–H groups in total. The number of urea groups is 1. The molecule has 1 saturated heterocycles. The average Bonchev–Trinajstić information content (AvgIpc) is 2.80. The first-order valence-electron chi connectivity index (χ1n) is 9.62. The van der Waals surface area contributed by atoms with E-state index in [9.17, 15) is 9.59 Å². The van der Waals surface area contributed by atoms with E-state index in [1.165, 1.54) is 12.4 Å². The molecule has 8 nitrogen and oxygen atoms in total. The number of carbonyl (C=O) groups is 2. The topological polar surface area (TPSA) is 98.7 Å². The van der Waals surface area contributed by atoms with Crippen LogP contribution in [0.15, 0.2) is 67.0 Å². The fourth-order valence-electron chi connectivity index (χ4n) is 3.28. The molecule has 2 heterocycles. The standard InChI is InChI=1S/C22H21N5O3.Na.H/c28-20(29)18-14-23-21(24-15-18)26-10-12-27(13-11-26)22(30)25-19-8-6-17(7-9-19)16-4-2-1-3-5-16;;/h1-9,14-15H,10-13H2,(H,25,30)(H,28,29);;/q;+1;-1. The van der Waals surface area contributed by atoms with E-state index in [0.717, 1.165) is 16.8 Å². The van der Waals surface area contributed by atoms with Gasteiger partial charge in [-0.1, -0.05) is 42.5 Å². The Morgan fingerprint density at radius 1 is 0.871 bits per heavy atom. The molecule has 31 heavy (non-hydrogen) atoms. The fourth-order valence-corrected chi connectivity index (χ4v) is 3.28. The van der Waals surface area contributed by atoms with Crippen molar-refractivity contribution in [3.63, 3.8) is 0 Å². The number of carbonyl (C=O) groups excluding carboxylic acids is 1. The van der Waals surface area contributed by atoms with Gasteiger partial charge in [0.15, 0.2) is 0 Å². The minimum Gasteiger partial charge on any atom is -1.00 e. The molecular formula is C22H22N5NaO3. The maximum absolute atomic E-state index is 12.6. The van der Waals surface area contributed by atoms with Gasteiger partial charge in [0.25, 0.3) is 0 Å². The molecule has 1 fully saturated rings. The Morgan fingerprint density at radius 2 is 1.45 bits per heavy atom. The van der Waals surface area contributed by atoms with Crippen LogP contribution in [0.1, 0.15) is 11.8 Å². The maximum atomic E-state index is 12.6. The zero-order valence-corrected chi connectivity index (χ0v) is 19.2. The average molecular weight is 427 g/mol. The van der Waals surface area contributed by atoms with E-state index >= 15 is 0 Å². The zero-order chi connectivity index (χ0) is 20.9. The third-order valence-corrected chi connectivity index (χ3v) is 4.98. The normalized spacial score (nSPS) is 13.3. The summed E-state index contributed by atoms with van der Waals surface area (Å²) < 4.78 is 0. The Balaban J connectivity index is 0.00000181. The first-order valence-corrected chi connectivity index (χ1v) is 9.62. The number of amides is 2. The molecule has 1 aromatic heterocycles. The number of hydrogen-bond donors (Lipinski definition) is 2. The summed E-state index contributed by atoms with van der Waals surface area (Å²) in [5, 5.41) is 11.9. The van der Waals surface area contributed by atoms with Gasteiger partial charge < -0.3 is 21.6 Å². The van der Waals surface area contributed by atoms with Crippen molar-refractivity contribution in [1.29, 1.82) is 0 Å². The number of nitrogens with one attached hydrogen (secondary N) is 1. The molecule has 2 aromatic carbocycles. The van der Waals surface area contributed by atoms with Gasteiger partial charge in [0, 0.05) is 44.3 Å². The maximum Gasteiger partial charge on any atom is 1.00 e. The third-order valence-electron chi connectivity index (χ3n) is 4.98. The van der Waals surface area contributed by atoms with Crippen molar-refractivity contribution < 1.29 is 45.7 Å². The Bertz CT molecular complexity index is 1030. The minimum absolute atomic E-state index is 0. The van der Waals surface area contributed by atoms with Crippen molar-refractivity contribution in [3.8, 4) is 11.1 Å². The van der Waals surface area contributed by atoms with E-state index < -0.39 is 5.97 Å². The third kappa shape index (κ3) is 5.61. The number of aromatic nitrogens is 2. The van der Waals surface area contributed by atoms with Gasteiger partial charge in [-0.05, 0) is 23.3 Å². The molecule has 0 bridgehead atoms. The predicted octanol–water partition coefficient (Wildman–Crippen LogP) is 0.312. The van der Waals surface area contributed by atoms with E-state index in [0.29, 0.717) is 32.1 Å². The predicted molar refractivity (Wildman–Crippen MR) is 115 cm³/mol. The van der Waals surface area contributed by atoms with E-state index in [2.05, 4.69) is 15.3 Å². The Labute approximate surface area is 203 Å². The monoisotopic (exact) mass is 427 g/mol. The van der Waals surface area contributed by atoms with Crippen molar-refractivity contribution in [1.82, 2.24) is 14.9 Å². The second-order valence-electron chi connectivity index (χ2n) is 6.92. The first kappa shape index (κ1) is 22.7. The van der Waals surface area contributed by atoms with Crippen molar-refractivity contribution in [2.45, 2.75) is 0 Å². The smallest absolute Gasteiger partial charge is 1.00 e. The number of benzene rings is 2. The molecular weight excluding hydrogens is 405 g/mol. The molecule has 154 valence electrons. The number of piperazine rings is 1. The fraction of sp³-hybridized carbons (Fsp3) is 0.182. The number of carboxylic acid groups (broad SMARTS) is 1. The zero-order valence-electron chi connectivity index (χ0n) is 18.2. The van der Waals surface area contributed by atoms with Gasteiger partial charge in [-0.2, -0.15) is 0 Å². The van der Waals surface area contributed by atoms with Crippen molar-refractivity contribution in [3.05, 3.63) is 72.6 Å². The van der Waals surface area contributed by atoms with Gasteiger partial charge in [0.2, 0.25) is 5.95 Å². The summed E-state index contributed by atoms with van der Waals surface area (Å²) in [5.74, 6) is -0.587. The van der Waals surface area contributed by atoms with Crippen LogP contribution in [0, 0.1) is 0 Å². The largest absolute Gasteiger partial charge is 1.00 e. The second kappa shape index (κ2) is 10.4. The van der Waals surface area contributed by atoms with Crippen LogP contribution < -0.4 is 39.8 Å². The SMILES string of the molecule is O=C(O)c1cnc(N2CCN(C(=O)Nc3ccc(-c4ccccc4)cc3)CC2)nc1.[H-].[Na+]. The van der Waals surface area contributed by atoms with Crippen LogP contribution in [-0.4, -0.2) is 58.2 Å². The number of anilines is 2. The molecule has 0 unspecified atom stereocenters. The van der Waals surface area contributed by atoms with Gasteiger partial charge in [-0.25, -0.2) is 19.6 Å². The van der Waals surface area contributed by atoms with Crippen molar-refractivity contribution in [2.75, 3.05) is 36.4 Å². The van der Waals surface area contributed by atoms with Crippen LogP contribution in [0.5, 0.6) is 0 Å². The number of carboxylic acids is 1. The molecule has 3 aromatic rings. The Hall–Kier alpha value is -2.94. The van der Waals surface area contributed by atoms with E-state index in [1.54, 1.807) is 4.90 Å². The minimum atomic E-state index is -1.06. The van der Waals surface area contributed by atoms with Crippen LogP contribution in [0.2, 0.25) is 0 Å². The van der Waals surface area contributed by atoms with E-state index in [1.807, 2.05) is 59.5 Å². The molecule has 1 aliphatic rings. The van der Waals surface area contributed by atoms with E-state index in [-0.39, 0.29) is 42.6 Å². The van der Waals surface area contributed by atoms with Crippen LogP contribution in [-0.2, 0) is 0 Å². The molecule has 1 aliphatic heterocycles. The van der Waals surface area contributed by atoms with Crippen molar-refractivity contribution >= 4 is 23.6 Å². The van der Waals surface area contributed by atoms with Crippen LogP contribution >= 0.6 is 0 Å². The van der Waals surface area contributed by atoms with Gasteiger partial charge in [-0.3, -0.25) is 0 Å². The summed E-state index contributed by atoms with van der Waals surface area (Å²) in [6, 6.07) is 17.7. The van der Waals surface area contributed by atoms with Crippen molar-refractivity contribution in [2.24, 2.45) is 0 Å². The summed E-state index contributed by atoms with van der Waals surface area (Å²) in [7, 11) is 0. The molecule has 0 aliphatic carbocycles. The summed E-state index contributed by atoms with van der Waals surface area (Å²) in [4.78, 5) is 35.4. The number of aromatic carboxylic acids is 1. The summed E-state index contributed by atoms with van der Waals surface area (Å²) in [6.45, 7) is 2.20. The quantitative estimate of drug-likeness (QED) is 0.582. The molecule has 0 radical (unpaired) electrons. The van der Waals surface area contributed by atoms with Gasteiger partial charge in [0.1, 0.15) is 0 Å². The molecule has 0 spiro atoms. The van der Waals surface area contributed by atoms with E-state index in [4.69, 9.17) is 5.11 Å². The second-order valence-corrected chi connectivity index (χ2v) is 6.92. The molecule has 2 amide bonds. The molecule has 4 rings (SSSR count). The molecule has 9 heteroatoms. The van der Waals surface area contributed by atoms with Gasteiger partial charge in [-0.15, -0.1) is 0 Å². The van der Waals surface area contributed by atoms with Gasteiger partial charge in [0.05, 0.1) is 5.56 Å². The number of rotatable bonds is 4. The first-order chi connectivity index (χ1) is 14.6. The Kier molecular flexibility index (Phi) is 7.62. The number of nitrogens with zero attached hydrogens (tertiary/aromatic N) is 4. The van der Waals surface area contributed by atoms with Crippen LogP contribution in [0.25, 0.3) is 11.1 Å². The summed E-state index contributed by atoms with van der Waals surface area (Å²) in [5.41, 5.74) is 3.02.